The van der Waals surface area contributed by atoms with Gasteiger partial charge in [-0.2, -0.15) is 0 Å². The van der Waals surface area contributed by atoms with Gasteiger partial charge in [-0.05, 0) is 30.4 Å². The fraction of sp³-hybridized carbons (Fsp3) is 0.500. The van der Waals surface area contributed by atoms with Gasteiger partial charge >= 0.3 is 5.97 Å². The zero-order valence-electron chi connectivity index (χ0n) is 10.1. The zero-order valence-corrected chi connectivity index (χ0v) is 10.1. The Morgan fingerprint density at radius 2 is 1.88 bits per heavy atom. The fourth-order valence-electron chi connectivity index (χ4n) is 2.41. The van der Waals surface area contributed by atoms with E-state index in [4.69, 9.17) is 4.74 Å². The highest BCUT2D eigenvalue weighted by atomic mass is 16.5. The van der Waals surface area contributed by atoms with Gasteiger partial charge in [-0.3, -0.25) is 4.79 Å². The van der Waals surface area contributed by atoms with E-state index in [1.54, 1.807) is 0 Å². The van der Waals surface area contributed by atoms with E-state index in [1.165, 1.54) is 5.56 Å². The van der Waals surface area contributed by atoms with Gasteiger partial charge in [-0.15, -0.1) is 0 Å². The van der Waals surface area contributed by atoms with Crippen molar-refractivity contribution in [1.82, 2.24) is 0 Å². The summed E-state index contributed by atoms with van der Waals surface area (Å²) < 4.78 is 5.28. The summed E-state index contributed by atoms with van der Waals surface area (Å²) in [6.07, 6.45) is 2.10. The van der Waals surface area contributed by atoms with E-state index in [9.17, 15) is 9.90 Å². The number of benzene rings is 1. The molecule has 1 N–H and O–H groups in total. The van der Waals surface area contributed by atoms with Crippen LogP contribution in [0.5, 0.6) is 0 Å². The van der Waals surface area contributed by atoms with E-state index >= 15 is 0 Å². The molecule has 0 spiro atoms. The Balaban J connectivity index is 2.34. The SMILES string of the molecule is CCc1ccc(C2(C(=O)O)CCOCC2)cc1. The van der Waals surface area contributed by atoms with Crippen molar-refractivity contribution >= 4 is 5.97 Å². The van der Waals surface area contributed by atoms with Crippen LogP contribution in [0.25, 0.3) is 0 Å². The molecule has 0 amide bonds. The number of hydrogen-bond donors (Lipinski definition) is 1. The molecule has 0 unspecified atom stereocenters. The minimum atomic E-state index is -0.746. The molecule has 0 saturated carbocycles. The van der Waals surface area contributed by atoms with Crippen molar-refractivity contribution in [3.05, 3.63) is 35.4 Å². The van der Waals surface area contributed by atoms with Crippen LogP contribution in [0, 0.1) is 0 Å². The average Bonchev–Trinajstić information content (AvgIpc) is 2.39. The van der Waals surface area contributed by atoms with Gasteiger partial charge in [0.25, 0.3) is 0 Å². The molecule has 1 saturated heterocycles. The molecule has 0 bridgehead atoms. The predicted octanol–water partition coefficient (Wildman–Crippen LogP) is 2.38. The predicted molar refractivity (Wildman–Crippen MR) is 65.2 cm³/mol. The van der Waals surface area contributed by atoms with Gasteiger partial charge < -0.3 is 9.84 Å². The van der Waals surface area contributed by atoms with Gasteiger partial charge in [0.2, 0.25) is 0 Å². The highest BCUT2D eigenvalue weighted by molar-refractivity contribution is 5.81. The number of hydrogen-bond acceptors (Lipinski definition) is 2. The first-order chi connectivity index (χ1) is 8.19. The normalized spacial score (nSPS) is 18.9. The number of aliphatic carboxylic acids is 1. The molecule has 2 rings (SSSR count). The van der Waals surface area contributed by atoms with Crippen LogP contribution in [-0.4, -0.2) is 24.3 Å². The summed E-state index contributed by atoms with van der Waals surface area (Å²) in [4.78, 5) is 11.6. The Kier molecular flexibility index (Phi) is 3.48. The van der Waals surface area contributed by atoms with E-state index in [1.807, 2.05) is 24.3 Å². The lowest BCUT2D eigenvalue weighted by Crippen LogP contribution is -2.41. The van der Waals surface area contributed by atoms with E-state index in [0.717, 1.165) is 12.0 Å². The molecule has 1 aromatic rings. The summed E-state index contributed by atoms with van der Waals surface area (Å²) in [5.41, 5.74) is 1.40. The summed E-state index contributed by atoms with van der Waals surface area (Å²) in [7, 11) is 0. The Hall–Kier alpha value is -1.35. The van der Waals surface area contributed by atoms with Crippen LogP contribution in [0.1, 0.15) is 30.9 Å². The van der Waals surface area contributed by atoms with Gasteiger partial charge in [0, 0.05) is 13.2 Å². The molecular weight excluding hydrogens is 216 g/mol. The van der Waals surface area contributed by atoms with Crippen molar-refractivity contribution in [3.63, 3.8) is 0 Å². The second kappa shape index (κ2) is 4.88. The van der Waals surface area contributed by atoms with Crippen molar-refractivity contribution in [2.24, 2.45) is 0 Å². The van der Waals surface area contributed by atoms with Crippen molar-refractivity contribution in [1.29, 1.82) is 0 Å². The molecule has 0 atom stereocenters. The van der Waals surface area contributed by atoms with Crippen LogP contribution in [0.3, 0.4) is 0 Å². The Morgan fingerprint density at radius 1 is 1.29 bits per heavy atom. The fourth-order valence-corrected chi connectivity index (χ4v) is 2.41. The van der Waals surface area contributed by atoms with Gasteiger partial charge in [-0.1, -0.05) is 31.2 Å². The van der Waals surface area contributed by atoms with Crippen LogP contribution >= 0.6 is 0 Å². The molecular formula is C14H18O3. The highest BCUT2D eigenvalue weighted by Crippen LogP contribution is 2.35. The van der Waals surface area contributed by atoms with E-state index in [0.29, 0.717) is 26.1 Å². The molecule has 1 aliphatic heterocycles. The molecule has 1 aliphatic rings. The lowest BCUT2D eigenvalue weighted by atomic mass is 9.74. The molecule has 0 radical (unpaired) electrons. The first kappa shape index (κ1) is 12.1. The largest absolute Gasteiger partial charge is 0.481 e. The molecule has 1 aromatic carbocycles. The maximum Gasteiger partial charge on any atom is 0.314 e. The first-order valence-corrected chi connectivity index (χ1v) is 6.09. The van der Waals surface area contributed by atoms with Crippen molar-refractivity contribution in [2.45, 2.75) is 31.6 Å². The topological polar surface area (TPSA) is 46.5 Å². The molecule has 1 heterocycles. The second-order valence-corrected chi connectivity index (χ2v) is 4.55. The van der Waals surface area contributed by atoms with Crippen molar-refractivity contribution < 1.29 is 14.6 Å². The van der Waals surface area contributed by atoms with Crippen LogP contribution in [-0.2, 0) is 21.4 Å². The lowest BCUT2D eigenvalue weighted by molar-refractivity contribution is -0.147. The summed E-state index contributed by atoms with van der Waals surface area (Å²) in [5, 5.41) is 9.51. The van der Waals surface area contributed by atoms with Gasteiger partial charge in [0.05, 0.1) is 5.41 Å². The van der Waals surface area contributed by atoms with E-state index in [-0.39, 0.29) is 0 Å². The number of carbonyl (C=O) groups is 1. The minimum Gasteiger partial charge on any atom is -0.481 e. The second-order valence-electron chi connectivity index (χ2n) is 4.55. The molecule has 0 aromatic heterocycles. The minimum absolute atomic E-state index is 0.530. The third kappa shape index (κ3) is 2.20. The summed E-state index contributed by atoms with van der Waals surface area (Å²) in [5.74, 6) is -0.731. The van der Waals surface area contributed by atoms with Crippen LogP contribution in [0.2, 0.25) is 0 Å². The first-order valence-electron chi connectivity index (χ1n) is 6.09. The van der Waals surface area contributed by atoms with Gasteiger partial charge in [-0.25, -0.2) is 0 Å². The van der Waals surface area contributed by atoms with Gasteiger partial charge in [0.1, 0.15) is 0 Å². The number of carboxylic acid groups (broad SMARTS) is 1. The molecule has 3 nitrogen and oxygen atoms in total. The highest BCUT2D eigenvalue weighted by Gasteiger charge is 2.41. The van der Waals surface area contributed by atoms with E-state index < -0.39 is 11.4 Å². The summed E-state index contributed by atoms with van der Waals surface area (Å²) in [6.45, 7) is 3.15. The number of ether oxygens (including phenoxy) is 1. The third-order valence-electron chi connectivity index (χ3n) is 3.67. The Labute approximate surface area is 101 Å². The Morgan fingerprint density at radius 3 is 2.35 bits per heavy atom. The smallest absolute Gasteiger partial charge is 0.314 e. The number of aryl methyl sites for hydroxylation is 1. The third-order valence-corrected chi connectivity index (χ3v) is 3.67. The number of carboxylic acids is 1. The maximum absolute atomic E-state index is 11.6. The monoisotopic (exact) mass is 234 g/mol. The number of rotatable bonds is 3. The molecule has 0 aliphatic carbocycles. The standard InChI is InChI=1S/C14H18O3/c1-2-11-3-5-12(6-4-11)14(13(15)16)7-9-17-10-8-14/h3-6H,2,7-10H2,1H3,(H,15,16). The van der Waals surface area contributed by atoms with Crippen LogP contribution in [0.15, 0.2) is 24.3 Å². The summed E-state index contributed by atoms with van der Waals surface area (Å²) in [6, 6.07) is 7.96. The van der Waals surface area contributed by atoms with Gasteiger partial charge in [0.15, 0.2) is 0 Å². The molecule has 92 valence electrons. The molecule has 17 heavy (non-hydrogen) atoms. The van der Waals surface area contributed by atoms with Crippen molar-refractivity contribution in [2.75, 3.05) is 13.2 Å². The van der Waals surface area contributed by atoms with E-state index in [2.05, 4.69) is 6.92 Å². The molecule has 1 fully saturated rings. The summed E-state index contributed by atoms with van der Waals surface area (Å²) >= 11 is 0. The van der Waals surface area contributed by atoms with Crippen LogP contribution in [0.4, 0.5) is 0 Å². The van der Waals surface area contributed by atoms with Crippen LogP contribution < -0.4 is 0 Å². The molecule has 3 heteroatoms. The lowest BCUT2D eigenvalue weighted by Gasteiger charge is -2.33. The maximum atomic E-state index is 11.6. The Bertz CT molecular complexity index is 388. The van der Waals surface area contributed by atoms with Crippen molar-refractivity contribution in [3.8, 4) is 0 Å². The zero-order chi connectivity index (χ0) is 12.3. The quantitative estimate of drug-likeness (QED) is 0.873. The average molecular weight is 234 g/mol.